The molecule has 2 fully saturated rings. The lowest BCUT2D eigenvalue weighted by Crippen LogP contribution is -2.34. The summed E-state index contributed by atoms with van der Waals surface area (Å²) >= 11 is 6.07. The number of carbonyl (C=O) groups is 3. The molecular formula is C24H21ClN2O4. The molecular weight excluding hydrogens is 416 g/mol. The van der Waals surface area contributed by atoms with Gasteiger partial charge in [-0.1, -0.05) is 35.4 Å². The summed E-state index contributed by atoms with van der Waals surface area (Å²) in [5.41, 5.74) is 2.14. The molecule has 31 heavy (non-hydrogen) atoms. The molecule has 1 N–H and O–H groups in total. The molecule has 2 bridgehead atoms. The Labute approximate surface area is 184 Å². The topological polar surface area (TPSA) is 75.7 Å². The fourth-order valence-corrected chi connectivity index (χ4v) is 5.51. The van der Waals surface area contributed by atoms with Crippen LogP contribution in [0.2, 0.25) is 5.02 Å². The summed E-state index contributed by atoms with van der Waals surface area (Å²) in [4.78, 5) is 41.0. The van der Waals surface area contributed by atoms with E-state index in [0.717, 1.165) is 6.42 Å². The number of imide groups is 1. The largest absolute Gasteiger partial charge is 0.495 e. The molecule has 1 aliphatic heterocycles. The molecule has 0 unspecified atom stereocenters. The molecule has 2 aliphatic carbocycles. The number of anilines is 2. The number of methoxy groups -OCH3 is 1. The number of benzene rings is 2. The smallest absolute Gasteiger partial charge is 0.257 e. The Kier molecular flexibility index (Phi) is 4.63. The van der Waals surface area contributed by atoms with Crippen LogP contribution >= 0.6 is 11.6 Å². The number of rotatable bonds is 4. The van der Waals surface area contributed by atoms with Gasteiger partial charge in [0.2, 0.25) is 11.8 Å². The van der Waals surface area contributed by atoms with E-state index >= 15 is 0 Å². The van der Waals surface area contributed by atoms with Gasteiger partial charge in [-0.25, -0.2) is 4.90 Å². The van der Waals surface area contributed by atoms with Crippen LogP contribution < -0.4 is 15.0 Å². The lowest BCUT2D eigenvalue weighted by molar-refractivity contribution is -0.123. The molecule has 0 radical (unpaired) electrons. The van der Waals surface area contributed by atoms with E-state index in [1.807, 2.05) is 6.92 Å². The lowest BCUT2D eigenvalue weighted by atomic mass is 9.82. The zero-order valence-corrected chi connectivity index (χ0v) is 17.8. The summed E-state index contributed by atoms with van der Waals surface area (Å²) in [5.74, 6) is -0.858. The van der Waals surface area contributed by atoms with Gasteiger partial charge in [0.15, 0.2) is 0 Å². The van der Waals surface area contributed by atoms with Crippen molar-refractivity contribution in [1.29, 1.82) is 0 Å². The summed E-state index contributed by atoms with van der Waals surface area (Å²) in [5, 5.41) is 3.24. The average molecular weight is 437 g/mol. The molecule has 0 aromatic heterocycles. The number of hydrogen-bond acceptors (Lipinski definition) is 4. The van der Waals surface area contributed by atoms with Gasteiger partial charge in [0.25, 0.3) is 5.91 Å². The van der Waals surface area contributed by atoms with E-state index in [-0.39, 0.29) is 41.0 Å². The number of nitrogens with one attached hydrogen (secondary N) is 1. The Morgan fingerprint density at radius 2 is 1.87 bits per heavy atom. The van der Waals surface area contributed by atoms with Crippen molar-refractivity contribution in [3.8, 4) is 5.75 Å². The molecule has 3 amide bonds. The Balaban J connectivity index is 1.48. The molecule has 0 spiro atoms. The molecule has 4 atom stereocenters. The number of halogens is 1. The highest BCUT2D eigenvalue weighted by Gasteiger charge is 2.61. The van der Waals surface area contributed by atoms with Gasteiger partial charge < -0.3 is 10.1 Å². The van der Waals surface area contributed by atoms with E-state index in [1.165, 1.54) is 17.6 Å². The maximum atomic E-state index is 13.3. The van der Waals surface area contributed by atoms with Crippen molar-refractivity contribution < 1.29 is 19.1 Å². The summed E-state index contributed by atoms with van der Waals surface area (Å²) < 4.78 is 5.29. The molecule has 1 saturated carbocycles. The van der Waals surface area contributed by atoms with Crippen LogP contribution in [-0.2, 0) is 9.59 Å². The molecule has 1 heterocycles. The van der Waals surface area contributed by atoms with Crippen LogP contribution in [0.3, 0.4) is 0 Å². The predicted molar refractivity (Wildman–Crippen MR) is 117 cm³/mol. The Bertz CT molecular complexity index is 1160. The van der Waals surface area contributed by atoms with Crippen LogP contribution in [-0.4, -0.2) is 24.8 Å². The van der Waals surface area contributed by atoms with Gasteiger partial charge in [0, 0.05) is 5.02 Å². The van der Waals surface area contributed by atoms with Crippen molar-refractivity contribution in [3.63, 3.8) is 0 Å². The first-order chi connectivity index (χ1) is 14.9. The monoisotopic (exact) mass is 436 g/mol. The van der Waals surface area contributed by atoms with E-state index in [0.29, 0.717) is 22.1 Å². The second kappa shape index (κ2) is 7.24. The Morgan fingerprint density at radius 1 is 1.13 bits per heavy atom. The third-order valence-corrected chi connectivity index (χ3v) is 6.92. The molecule has 1 saturated heterocycles. The first-order valence-corrected chi connectivity index (χ1v) is 10.6. The fraction of sp³-hybridized carbons (Fsp3) is 0.292. The van der Waals surface area contributed by atoms with Gasteiger partial charge >= 0.3 is 0 Å². The molecule has 3 aliphatic rings. The lowest BCUT2D eigenvalue weighted by Gasteiger charge is -2.21. The van der Waals surface area contributed by atoms with Gasteiger partial charge in [0.05, 0.1) is 35.9 Å². The SMILES string of the molecule is COc1ccc(Cl)cc1NC(=O)c1ccccc1N1C(=O)[C@H]2[C@H](C1=O)[C@H]1C=C(C)[C@H]2C1. The fourth-order valence-electron chi connectivity index (χ4n) is 5.34. The second-order valence-corrected chi connectivity index (χ2v) is 8.73. The standard InChI is InChI=1S/C24H21ClN2O4/c1-12-9-13-10-16(12)21-20(13)23(29)27(24(21)30)18-6-4-3-5-15(18)22(28)26-17-11-14(25)7-8-19(17)31-2/h3-9,11,13,16,20-21H,10H2,1-2H3,(H,26,28)/t13-,16+,20+,21+/m0/s1. The van der Waals surface area contributed by atoms with E-state index in [1.54, 1.807) is 42.5 Å². The average Bonchev–Trinajstić information content (AvgIpc) is 3.38. The molecule has 5 rings (SSSR count). The summed E-state index contributed by atoms with van der Waals surface area (Å²) in [7, 11) is 1.50. The van der Waals surface area contributed by atoms with Gasteiger partial charge in [-0.15, -0.1) is 0 Å². The van der Waals surface area contributed by atoms with Crippen LogP contribution in [0.4, 0.5) is 11.4 Å². The molecule has 7 heteroatoms. The van der Waals surface area contributed by atoms with E-state index in [9.17, 15) is 14.4 Å². The van der Waals surface area contributed by atoms with Crippen LogP contribution in [0.1, 0.15) is 23.7 Å². The van der Waals surface area contributed by atoms with Crippen molar-refractivity contribution in [2.24, 2.45) is 23.7 Å². The predicted octanol–water partition coefficient (Wildman–Crippen LogP) is 4.30. The van der Waals surface area contributed by atoms with Gasteiger partial charge in [-0.3, -0.25) is 14.4 Å². The zero-order valence-electron chi connectivity index (χ0n) is 17.1. The van der Waals surface area contributed by atoms with E-state index in [4.69, 9.17) is 16.3 Å². The number of amides is 3. The van der Waals surface area contributed by atoms with Crippen LogP contribution in [0.25, 0.3) is 0 Å². The highest BCUT2D eigenvalue weighted by Crippen LogP contribution is 2.56. The number of nitrogens with zero attached hydrogens (tertiary/aromatic N) is 1. The minimum absolute atomic E-state index is 0.105. The second-order valence-electron chi connectivity index (χ2n) is 8.30. The van der Waals surface area contributed by atoms with E-state index < -0.39 is 5.91 Å². The maximum Gasteiger partial charge on any atom is 0.257 e. The van der Waals surface area contributed by atoms with Crippen LogP contribution in [0.15, 0.2) is 54.1 Å². The molecule has 6 nitrogen and oxygen atoms in total. The molecule has 2 aromatic carbocycles. The summed E-state index contributed by atoms with van der Waals surface area (Å²) in [6, 6.07) is 11.6. The maximum absolute atomic E-state index is 13.3. The Hall–Kier alpha value is -3.12. The van der Waals surface area contributed by atoms with Crippen molar-refractivity contribution in [2.45, 2.75) is 13.3 Å². The highest BCUT2D eigenvalue weighted by atomic mass is 35.5. The van der Waals surface area contributed by atoms with Crippen molar-refractivity contribution >= 4 is 40.7 Å². The first kappa shape index (κ1) is 19.8. The van der Waals surface area contributed by atoms with Crippen molar-refractivity contribution in [1.82, 2.24) is 0 Å². The van der Waals surface area contributed by atoms with Crippen LogP contribution in [0.5, 0.6) is 5.75 Å². The Morgan fingerprint density at radius 3 is 2.65 bits per heavy atom. The molecule has 2 aromatic rings. The number of para-hydroxylation sites is 1. The van der Waals surface area contributed by atoms with Crippen molar-refractivity contribution in [2.75, 3.05) is 17.3 Å². The summed E-state index contributed by atoms with van der Waals surface area (Å²) in [6.07, 6.45) is 2.99. The summed E-state index contributed by atoms with van der Waals surface area (Å²) in [6.45, 7) is 2.03. The van der Waals surface area contributed by atoms with Gasteiger partial charge in [0.1, 0.15) is 5.75 Å². The number of fused-ring (bicyclic) bond motifs is 5. The van der Waals surface area contributed by atoms with Crippen LogP contribution in [0, 0.1) is 23.7 Å². The number of carbonyl (C=O) groups excluding carboxylic acids is 3. The number of ether oxygens (including phenoxy) is 1. The van der Waals surface area contributed by atoms with Gasteiger partial charge in [-0.05, 0) is 55.5 Å². The third-order valence-electron chi connectivity index (χ3n) is 6.68. The first-order valence-electron chi connectivity index (χ1n) is 10.2. The quantitative estimate of drug-likeness (QED) is 0.572. The minimum Gasteiger partial charge on any atom is -0.495 e. The normalized spacial score (nSPS) is 26.2. The highest BCUT2D eigenvalue weighted by molar-refractivity contribution is 6.31. The number of allylic oxidation sites excluding steroid dienone is 2. The molecule has 158 valence electrons. The van der Waals surface area contributed by atoms with E-state index in [2.05, 4.69) is 11.4 Å². The third kappa shape index (κ3) is 2.97. The van der Waals surface area contributed by atoms with Gasteiger partial charge in [-0.2, -0.15) is 0 Å². The van der Waals surface area contributed by atoms with Crippen molar-refractivity contribution in [3.05, 3.63) is 64.7 Å². The minimum atomic E-state index is -0.453. The zero-order chi connectivity index (χ0) is 21.9. The number of hydrogen-bond donors (Lipinski definition) is 1.